The Morgan fingerprint density at radius 3 is 2.35 bits per heavy atom. The number of rotatable bonds is 1. The van der Waals surface area contributed by atoms with Crippen molar-refractivity contribution in [2.45, 2.75) is 38.8 Å². The number of nitrogens with zero attached hydrogens (tertiary/aromatic N) is 1. The van der Waals surface area contributed by atoms with Crippen LogP contribution in [0.3, 0.4) is 0 Å². The molecule has 1 heterocycles. The maximum atomic E-state index is 11.9. The number of nitrogens with one attached hydrogen (secondary N) is 1. The second-order valence-electron chi connectivity index (χ2n) is 5.38. The fraction of sp³-hybridized carbons (Fsp3) is 0.462. The number of amides is 1. The Morgan fingerprint density at radius 1 is 1.29 bits per heavy atom. The van der Waals surface area contributed by atoms with Gasteiger partial charge in [0.25, 0.3) is 0 Å². The summed E-state index contributed by atoms with van der Waals surface area (Å²) in [5.41, 5.74) is 4.02. The molecule has 0 saturated carbocycles. The molecule has 1 saturated heterocycles. The second kappa shape index (κ2) is 4.04. The first-order chi connectivity index (χ1) is 7.88. The van der Waals surface area contributed by atoms with E-state index in [9.17, 15) is 9.90 Å². The fourth-order valence-corrected chi connectivity index (χ4v) is 2.01. The lowest BCUT2D eigenvalue weighted by molar-refractivity contribution is -0.134. The molecule has 0 aliphatic carbocycles. The van der Waals surface area contributed by atoms with Crippen molar-refractivity contribution < 1.29 is 9.90 Å². The molecule has 92 valence electrons. The second-order valence-corrected chi connectivity index (χ2v) is 5.38. The van der Waals surface area contributed by atoms with Crippen LogP contribution in [-0.4, -0.2) is 21.6 Å². The summed E-state index contributed by atoms with van der Waals surface area (Å²) < 4.78 is 0. The van der Waals surface area contributed by atoms with Gasteiger partial charge in [-0.25, -0.2) is 5.43 Å². The average Bonchev–Trinajstić information content (AvgIpc) is 2.61. The van der Waals surface area contributed by atoms with Crippen molar-refractivity contribution in [2.75, 3.05) is 0 Å². The number of hydrogen-bond acceptors (Lipinski definition) is 3. The average molecular weight is 234 g/mol. The molecule has 2 rings (SSSR count). The third kappa shape index (κ3) is 2.42. The number of aromatic hydroxyl groups is 1. The molecule has 1 fully saturated rings. The number of hydrogen-bond donors (Lipinski definition) is 2. The summed E-state index contributed by atoms with van der Waals surface area (Å²) >= 11 is 0. The van der Waals surface area contributed by atoms with Crippen LogP contribution in [0.15, 0.2) is 24.3 Å². The molecule has 1 atom stereocenters. The maximum Gasteiger partial charge on any atom is 0.239 e. The lowest BCUT2D eigenvalue weighted by Gasteiger charge is -2.32. The maximum absolute atomic E-state index is 11.9. The molecule has 0 spiro atoms. The highest BCUT2D eigenvalue weighted by molar-refractivity contribution is 5.79. The summed E-state index contributed by atoms with van der Waals surface area (Å²) in [6.07, 6.45) is 0.460. The summed E-state index contributed by atoms with van der Waals surface area (Å²) in [4.78, 5) is 11.9. The van der Waals surface area contributed by atoms with Gasteiger partial charge in [0.05, 0.1) is 11.6 Å². The van der Waals surface area contributed by atoms with Crippen LogP contribution < -0.4 is 5.43 Å². The molecule has 1 aromatic carbocycles. The van der Waals surface area contributed by atoms with E-state index in [4.69, 9.17) is 0 Å². The molecule has 1 aromatic rings. The lowest BCUT2D eigenvalue weighted by atomic mass is 10.1. The number of phenols is 1. The summed E-state index contributed by atoms with van der Waals surface area (Å²) in [7, 11) is 0. The van der Waals surface area contributed by atoms with Gasteiger partial charge in [-0.05, 0) is 38.5 Å². The van der Waals surface area contributed by atoms with Crippen LogP contribution in [0.1, 0.15) is 38.8 Å². The Morgan fingerprint density at radius 2 is 1.88 bits per heavy atom. The molecular weight excluding hydrogens is 216 g/mol. The van der Waals surface area contributed by atoms with Crippen molar-refractivity contribution >= 4 is 5.91 Å². The highest BCUT2D eigenvalue weighted by atomic mass is 16.3. The van der Waals surface area contributed by atoms with Gasteiger partial charge in [0.1, 0.15) is 5.75 Å². The minimum Gasteiger partial charge on any atom is -0.508 e. The van der Waals surface area contributed by atoms with Gasteiger partial charge in [-0.15, -0.1) is 0 Å². The summed E-state index contributed by atoms with van der Waals surface area (Å²) in [6.45, 7) is 5.99. The first-order valence-corrected chi connectivity index (χ1v) is 5.76. The van der Waals surface area contributed by atoms with Gasteiger partial charge in [0.2, 0.25) is 5.91 Å². The zero-order valence-electron chi connectivity index (χ0n) is 10.4. The largest absolute Gasteiger partial charge is 0.508 e. The van der Waals surface area contributed by atoms with Crippen LogP contribution in [0.4, 0.5) is 0 Å². The number of benzene rings is 1. The van der Waals surface area contributed by atoms with Crippen LogP contribution in [0.5, 0.6) is 5.75 Å². The van der Waals surface area contributed by atoms with Crippen molar-refractivity contribution in [2.24, 2.45) is 0 Å². The molecule has 4 nitrogen and oxygen atoms in total. The van der Waals surface area contributed by atoms with E-state index < -0.39 is 0 Å². The van der Waals surface area contributed by atoms with Crippen LogP contribution >= 0.6 is 0 Å². The molecule has 2 N–H and O–H groups in total. The monoisotopic (exact) mass is 234 g/mol. The first kappa shape index (κ1) is 11.9. The minimum atomic E-state index is -0.219. The number of phenolic OH excluding ortho intramolecular Hbond substituents is 1. The smallest absolute Gasteiger partial charge is 0.239 e. The van der Waals surface area contributed by atoms with Crippen LogP contribution in [0, 0.1) is 0 Å². The summed E-state index contributed by atoms with van der Waals surface area (Å²) in [6, 6.07) is 6.96. The summed E-state index contributed by atoms with van der Waals surface area (Å²) in [5.74, 6) is 0.348. The predicted octanol–water partition coefficient (Wildman–Crippen LogP) is 1.97. The SMILES string of the molecule is CC(C)(C)N1NC(c2ccc(O)cc2)CC1=O. The van der Waals surface area contributed by atoms with Gasteiger partial charge in [-0.3, -0.25) is 9.80 Å². The van der Waals surface area contributed by atoms with E-state index in [0.717, 1.165) is 5.56 Å². The highest BCUT2D eigenvalue weighted by Crippen LogP contribution is 2.28. The van der Waals surface area contributed by atoms with Crippen LogP contribution in [0.2, 0.25) is 0 Å². The predicted molar refractivity (Wildman–Crippen MR) is 65.2 cm³/mol. The third-order valence-electron chi connectivity index (χ3n) is 2.88. The Hall–Kier alpha value is -1.55. The van der Waals surface area contributed by atoms with Crippen molar-refractivity contribution in [3.05, 3.63) is 29.8 Å². The molecule has 17 heavy (non-hydrogen) atoms. The van der Waals surface area contributed by atoms with Crippen molar-refractivity contribution in [3.8, 4) is 5.75 Å². The quantitative estimate of drug-likeness (QED) is 0.781. The van der Waals surface area contributed by atoms with Gasteiger partial charge < -0.3 is 5.11 Å². The van der Waals surface area contributed by atoms with Crippen LogP contribution in [0.25, 0.3) is 0 Å². The van der Waals surface area contributed by atoms with Crippen molar-refractivity contribution in [1.29, 1.82) is 0 Å². The molecule has 0 aromatic heterocycles. The molecule has 1 amide bonds. The van der Waals surface area contributed by atoms with E-state index in [2.05, 4.69) is 5.43 Å². The first-order valence-electron chi connectivity index (χ1n) is 5.76. The fourth-order valence-electron chi connectivity index (χ4n) is 2.01. The Labute approximate surface area is 101 Å². The number of carbonyl (C=O) groups excluding carboxylic acids is 1. The topological polar surface area (TPSA) is 52.6 Å². The van der Waals surface area contributed by atoms with E-state index in [0.29, 0.717) is 6.42 Å². The Kier molecular flexibility index (Phi) is 2.83. The summed E-state index contributed by atoms with van der Waals surface area (Å²) in [5, 5.41) is 10.9. The molecular formula is C13H18N2O2. The van der Waals surface area contributed by atoms with E-state index in [1.807, 2.05) is 32.9 Å². The van der Waals surface area contributed by atoms with Gasteiger partial charge >= 0.3 is 0 Å². The van der Waals surface area contributed by atoms with E-state index in [-0.39, 0.29) is 23.2 Å². The van der Waals surface area contributed by atoms with Crippen molar-refractivity contribution in [1.82, 2.24) is 10.4 Å². The molecule has 0 bridgehead atoms. The van der Waals surface area contributed by atoms with Gasteiger partial charge in [0.15, 0.2) is 0 Å². The Bertz CT molecular complexity index is 420. The van der Waals surface area contributed by atoms with E-state index in [1.54, 1.807) is 17.1 Å². The van der Waals surface area contributed by atoms with Gasteiger partial charge in [0, 0.05) is 6.42 Å². The zero-order chi connectivity index (χ0) is 12.6. The third-order valence-corrected chi connectivity index (χ3v) is 2.88. The highest BCUT2D eigenvalue weighted by Gasteiger charge is 2.36. The molecule has 1 aliphatic heterocycles. The Balaban J connectivity index is 2.17. The van der Waals surface area contributed by atoms with Gasteiger partial charge in [-0.2, -0.15) is 0 Å². The van der Waals surface area contributed by atoms with Crippen LogP contribution in [-0.2, 0) is 4.79 Å². The van der Waals surface area contributed by atoms with E-state index >= 15 is 0 Å². The number of carbonyl (C=O) groups is 1. The van der Waals surface area contributed by atoms with Crippen molar-refractivity contribution in [3.63, 3.8) is 0 Å². The normalized spacial score (nSPS) is 21.0. The lowest BCUT2D eigenvalue weighted by Crippen LogP contribution is -2.48. The van der Waals surface area contributed by atoms with E-state index in [1.165, 1.54) is 0 Å². The molecule has 1 aliphatic rings. The zero-order valence-corrected chi connectivity index (χ0v) is 10.4. The molecule has 1 unspecified atom stereocenters. The molecule has 0 radical (unpaired) electrons. The number of hydrazine groups is 1. The van der Waals surface area contributed by atoms with Gasteiger partial charge in [-0.1, -0.05) is 12.1 Å². The minimum absolute atomic E-state index is 0.00215. The molecule has 4 heteroatoms. The standard InChI is InChI=1S/C13H18N2O2/c1-13(2,3)15-12(17)8-11(14-15)9-4-6-10(16)7-5-9/h4-7,11,14,16H,8H2,1-3H3.